The Bertz CT molecular complexity index is 811. The molecule has 0 saturated carbocycles. The average molecular weight is 356 g/mol. The van der Waals surface area contributed by atoms with Gasteiger partial charge in [-0.25, -0.2) is 4.79 Å². The number of carbonyl (C=O) groups is 1. The van der Waals surface area contributed by atoms with Crippen LogP contribution in [0.25, 0.3) is 11.0 Å². The molecular formula is C20H28N4O2. The fourth-order valence-corrected chi connectivity index (χ4v) is 4.47. The van der Waals surface area contributed by atoms with Gasteiger partial charge in [0.15, 0.2) is 0 Å². The van der Waals surface area contributed by atoms with Crippen LogP contribution >= 0.6 is 0 Å². The lowest BCUT2D eigenvalue weighted by Gasteiger charge is -2.33. The molecule has 2 aliphatic rings. The summed E-state index contributed by atoms with van der Waals surface area (Å²) in [6.07, 6.45) is 5.77. The second-order valence-corrected chi connectivity index (χ2v) is 7.66. The molecule has 2 fully saturated rings. The third-order valence-corrected chi connectivity index (χ3v) is 6.03. The van der Waals surface area contributed by atoms with Crippen LogP contribution in [0.5, 0.6) is 0 Å². The molecule has 1 aromatic heterocycles. The van der Waals surface area contributed by atoms with Crippen LogP contribution in [0.1, 0.15) is 44.6 Å². The fraction of sp³-hybridized carbons (Fsp3) is 0.600. The maximum atomic E-state index is 12.5. The van der Waals surface area contributed by atoms with E-state index in [1.54, 1.807) is 0 Å². The van der Waals surface area contributed by atoms with Crippen LogP contribution in [0.2, 0.25) is 0 Å². The minimum atomic E-state index is -0.0399. The Balaban J connectivity index is 1.34. The molecule has 2 aromatic rings. The van der Waals surface area contributed by atoms with Gasteiger partial charge in [0, 0.05) is 25.6 Å². The first-order chi connectivity index (χ1) is 12.7. The molecule has 140 valence electrons. The highest BCUT2D eigenvalue weighted by Gasteiger charge is 2.26. The monoisotopic (exact) mass is 356 g/mol. The van der Waals surface area contributed by atoms with E-state index in [0.717, 1.165) is 56.5 Å². The number of likely N-dealkylation sites (tertiary alicyclic amines) is 1. The zero-order chi connectivity index (χ0) is 17.9. The molecule has 3 heterocycles. The Kier molecular flexibility index (Phi) is 5.11. The van der Waals surface area contributed by atoms with Gasteiger partial charge in [-0.15, -0.1) is 0 Å². The van der Waals surface area contributed by atoms with Crippen molar-refractivity contribution in [3.05, 3.63) is 34.7 Å². The number of rotatable bonds is 4. The lowest BCUT2D eigenvalue weighted by atomic mass is 9.93. The second-order valence-electron chi connectivity index (χ2n) is 7.66. The van der Waals surface area contributed by atoms with Crippen LogP contribution in [0.15, 0.2) is 29.1 Å². The number of nitrogens with zero attached hydrogens (tertiary/aromatic N) is 2. The molecular weight excluding hydrogens is 328 g/mol. The molecule has 0 unspecified atom stereocenters. The Morgan fingerprint density at radius 3 is 2.58 bits per heavy atom. The Labute approximate surface area is 153 Å². The molecule has 0 radical (unpaired) electrons. The average Bonchev–Trinajstić information content (AvgIpc) is 3.03. The van der Waals surface area contributed by atoms with E-state index < -0.39 is 0 Å². The number of hydrogen-bond donors (Lipinski definition) is 2. The second kappa shape index (κ2) is 7.66. The molecule has 0 aliphatic carbocycles. The standard InChI is InChI=1S/C20H28N4O2/c25-19(6-5-15-7-11-21-12-8-15)23-13-9-16(10-14-23)24-18-4-2-1-3-17(18)22-20(24)26/h1-4,15-16,21H,5-14H2,(H,22,26). The van der Waals surface area contributed by atoms with Gasteiger partial charge < -0.3 is 15.2 Å². The van der Waals surface area contributed by atoms with Crippen molar-refractivity contribution in [2.75, 3.05) is 26.2 Å². The normalized spacial score (nSPS) is 19.9. The number of nitrogens with one attached hydrogen (secondary N) is 2. The van der Waals surface area contributed by atoms with Crippen molar-refractivity contribution in [1.82, 2.24) is 19.8 Å². The lowest BCUT2D eigenvalue weighted by molar-refractivity contribution is -0.132. The Morgan fingerprint density at radius 1 is 1.08 bits per heavy atom. The topological polar surface area (TPSA) is 70.1 Å². The van der Waals surface area contributed by atoms with Crippen LogP contribution in [0.4, 0.5) is 0 Å². The summed E-state index contributed by atoms with van der Waals surface area (Å²) in [5.41, 5.74) is 1.81. The highest BCUT2D eigenvalue weighted by Crippen LogP contribution is 2.26. The summed E-state index contributed by atoms with van der Waals surface area (Å²) >= 11 is 0. The van der Waals surface area contributed by atoms with E-state index in [2.05, 4.69) is 10.3 Å². The number of hydrogen-bond acceptors (Lipinski definition) is 3. The van der Waals surface area contributed by atoms with Crippen molar-refractivity contribution < 1.29 is 4.79 Å². The molecule has 2 saturated heterocycles. The van der Waals surface area contributed by atoms with Crippen LogP contribution in [0, 0.1) is 5.92 Å². The third-order valence-electron chi connectivity index (χ3n) is 6.03. The zero-order valence-electron chi connectivity index (χ0n) is 15.2. The van der Waals surface area contributed by atoms with Gasteiger partial charge in [-0.1, -0.05) is 12.1 Å². The van der Waals surface area contributed by atoms with Gasteiger partial charge in [-0.3, -0.25) is 9.36 Å². The predicted octanol–water partition coefficient (Wildman–Crippen LogP) is 2.27. The summed E-state index contributed by atoms with van der Waals surface area (Å²) in [4.78, 5) is 29.8. The van der Waals surface area contributed by atoms with E-state index >= 15 is 0 Å². The van der Waals surface area contributed by atoms with Gasteiger partial charge in [0.2, 0.25) is 5.91 Å². The number of amides is 1. The molecule has 2 N–H and O–H groups in total. The van der Waals surface area contributed by atoms with E-state index in [0.29, 0.717) is 12.3 Å². The summed E-state index contributed by atoms with van der Waals surface area (Å²) in [5, 5.41) is 3.38. The van der Waals surface area contributed by atoms with Gasteiger partial charge in [-0.2, -0.15) is 0 Å². The van der Waals surface area contributed by atoms with Crippen molar-refractivity contribution in [2.45, 2.75) is 44.6 Å². The van der Waals surface area contributed by atoms with Gasteiger partial charge in [0.05, 0.1) is 11.0 Å². The van der Waals surface area contributed by atoms with Crippen LogP contribution in [0.3, 0.4) is 0 Å². The number of carbonyl (C=O) groups excluding carboxylic acids is 1. The molecule has 1 aromatic carbocycles. The number of imidazole rings is 1. The highest BCUT2D eigenvalue weighted by molar-refractivity contribution is 5.76. The predicted molar refractivity (Wildman–Crippen MR) is 102 cm³/mol. The quantitative estimate of drug-likeness (QED) is 0.883. The van der Waals surface area contributed by atoms with E-state index in [4.69, 9.17) is 0 Å². The van der Waals surface area contributed by atoms with Crippen LogP contribution in [-0.4, -0.2) is 46.5 Å². The Hall–Kier alpha value is -2.08. The summed E-state index contributed by atoms with van der Waals surface area (Å²) in [6, 6.07) is 8.00. The largest absolute Gasteiger partial charge is 0.343 e. The number of piperidine rings is 2. The smallest absolute Gasteiger partial charge is 0.326 e. The maximum Gasteiger partial charge on any atom is 0.326 e. The van der Waals surface area contributed by atoms with E-state index in [1.807, 2.05) is 33.7 Å². The zero-order valence-corrected chi connectivity index (χ0v) is 15.2. The Morgan fingerprint density at radius 2 is 1.81 bits per heavy atom. The molecule has 6 heteroatoms. The first kappa shape index (κ1) is 17.3. The molecule has 26 heavy (non-hydrogen) atoms. The number of benzene rings is 1. The molecule has 1 amide bonds. The molecule has 0 spiro atoms. The summed E-state index contributed by atoms with van der Waals surface area (Å²) in [6.45, 7) is 3.68. The van der Waals surface area contributed by atoms with E-state index in [-0.39, 0.29) is 17.6 Å². The van der Waals surface area contributed by atoms with Gasteiger partial charge in [-0.05, 0) is 63.2 Å². The summed E-state index contributed by atoms with van der Waals surface area (Å²) < 4.78 is 1.88. The van der Waals surface area contributed by atoms with Crippen molar-refractivity contribution >= 4 is 16.9 Å². The summed E-state index contributed by atoms with van der Waals surface area (Å²) in [7, 11) is 0. The van der Waals surface area contributed by atoms with Gasteiger partial charge >= 0.3 is 5.69 Å². The number of para-hydroxylation sites is 2. The van der Waals surface area contributed by atoms with Crippen molar-refractivity contribution in [3.8, 4) is 0 Å². The molecule has 4 rings (SSSR count). The van der Waals surface area contributed by atoms with Crippen LogP contribution < -0.4 is 11.0 Å². The number of aromatic amines is 1. The van der Waals surface area contributed by atoms with Gasteiger partial charge in [0.25, 0.3) is 0 Å². The number of H-pyrrole nitrogens is 1. The van der Waals surface area contributed by atoms with Crippen molar-refractivity contribution in [3.63, 3.8) is 0 Å². The fourth-order valence-electron chi connectivity index (χ4n) is 4.47. The van der Waals surface area contributed by atoms with E-state index in [1.165, 1.54) is 12.8 Å². The van der Waals surface area contributed by atoms with E-state index in [9.17, 15) is 9.59 Å². The van der Waals surface area contributed by atoms with Crippen molar-refractivity contribution in [1.29, 1.82) is 0 Å². The molecule has 6 nitrogen and oxygen atoms in total. The molecule has 0 bridgehead atoms. The lowest BCUT2D eigenvalue weighted by Crippen LogP contribution is -2.40. The van der Waals surface area contributed by atoms with Crippen LogP contribution in [-0.2, 0) is 4.79 Å². The third kappa shape index (κ3) is 3.56. The molecule has 0 atom stereocenters. The first-order valence-corrected chi connectivity index (χ1v) is 9.90. The van der Waals surface area contributed by atoms with Crippen molar-refractivity contribution in [2.24, 2.45) is 5.92 Å². The maximum absolute atomic E-state index is 12.5. The molecule has 2 aliphatic heterocycles. The first-order valence-electron chi connectivity index (χ1n) is 9.90. The number of fused-ring (bicyclic) bond motifs is 1. The SMILES string of the molecule is O=C(CCC1CCNCC1)N1CCC(n2c(=O)[nH]c3ccccc32)CC1. The minimum absolute atomic E-state index is 0.0399. The highest BCUT2D eigenvalue weighted by atomic mass is 16.2. The van der Waals surface area contributed by atoms with Gasteiger partial charge in [0.1, 0.15) is 0 Å². The number of aromatic nitrogens is 2. The minimum Gasteiger partial charge on any atom is -0.343 e. The summed E-state index contributed by atoms with van der Waals surface area (Å²) in [5.74, 6) is 0.982.